The summed E-state index contributed by atoms with van der Waals surface area (Å²) in [7, 11) is 0. The van der Waals surface area contributed by atoms with Crippen molar-refractivity contribution in [2.75, 3.05) is 6.54 Å². The van der Waals surface area contributed by atoms with Crippen LogP contribution in [0.2, 0.25) is 0 Å². The van der Waals surface area contributed by atoms with Crippen LogP contribution >= 0.6 is 15.9 Å². The molecule has 0 spiro atoms. The SMILES string of the molecule is CCNC(Cc1cncc(Br)c1)c1ccccn1. The minimum Gasteiger partial charge on any atom is -0.309 e. The first-order valence-corrected chi connectivity index (χ1v) is 6.82. The van der Waals surface area contributed by atoms with E-state index in [4.69, 9.17) is 0 Å². The van der Waals surface area contributed by atoms with Crippen molar-refractivity contribution >= 4 is 15.9 Å². The van der Waals surface area contributed by atoms with Crippen molar-refractivity contribution in [3.05, 3.63) is 58.6 Å². The third-order valence-electron chi connectivity index (χ3n) is 2.70. The number of halogens is 1. The molecule has 4 heteroatoms. The molecule has 0 saturated heterocycles. The van der Waals surface area contributed by atoms with Gasteiger partial charge in [-0.25, -0.2) is 0 Å². The zero-order chi connectivity index (χ0) is 12.8. The van der Waals surface area contributed by atoms with Crippen molar-refractivity contribution in [1.29, 1.82) is 0 Å². The van der Waals surface area contributed by atoms with Crippen LogP contribution in [-0.4, -0.2) is 16.5 Å². The Morgan fingerprint density at radius 3 is 2.89 bits per heavy atom. The van der Waals surface area contributed by atoms with Crippen molar-refractivity contribution in [3.8, 4) is 0 Å². The van der Waals surface area contributed by atoms with Crippen LogP contribution in [0.4, 0.5) is 0 Å². The van der Waals surface area contributed by atoms with Crippen molar-refractivity contribution in [2.45, 2.75) is 19.4 Å². The summed E-state index contributed by atoms with van der Waals surface area (Å²) in [5, 5.41) is 3.46. The van der Waals surface area contributed by atoms with Gasteiger partial charge in [0.1, 0.15) is 0 Å². The lowest BCUT2D eigenvalue weighted by molar-refractivity contribution is 0.536. The molecular weight excluding hydrogens is 290 g/mol. The highest BCUT2D eigenvalue weighted by Gasteiger charge is 2.12. The molecule has 1 N–H and O–H groups in total. The van der Waals surface area contributed by atoms with Gasteiger partial charge in [-0.2, -0.15) is 0 Å². The van der Waals surface area contributed by atoms with Crippen molar-refractivity contribution in [3.63, 3.8) is 0 Å². The minimum absolute atomic E-state index is 0.229. The molecule has 94 valence electrons. The third kappa shape index (κ3) is 3.62. The molecular formula is C14H16BrN3. The average Bonchev–Trinajstić information content (AvgIpc) is 2.39. The third-order valence-corrected chi connectivity index (χ3v) is 3.13. The number of nitrogens with one attached hydrogen (secondary N) is 1. The topological polar surface area (TPSA) is 37.8 Å². The van der Waals surface area contributed by atoms with E-state index in [1.54, 1.807) is 6.20 Å². The molecule has 2 aromatic rings. The molecule has 3 nitrogen and oxygen atoms in total. The second kappa shape index (κ2) is 6.61. The van der Waals surface area contributed by atoms with E-state index in [1.165, 1.54) is 5.56 Å². The summed E-state index contributed by atoms with van der Waals surface area (Å²) in [5.74, 6) is 0. The summed E-state index contributed by atoms with van der Waals surface area (Å²) in [5.41, 5.74) is 2.26. The summed E-state index contributed by atoms with van der Waals surface area (Å²) in [6.45, 7) is 3.03. The maximum Gasteiger partial charge on any atom is 0.0576 e. The fourth-order valence-corrected chi connectivity index (χ4v) is 2.33. The first-order chi connectivity index (χ1) is 8.79. The number of nitrogens with zero attached hydrogens (tertiary/aromatic N) is 2. The number of hydrogen-bond donors (Lipinski definition) is 1. The van der Waals surface area contributed by atoms with Gasteiger partial charge in [0.25, 0.3) is 0 Å². The van der Waals surface area contributed by atoms with Gasteiger partial charge in [0.2, 0.25) is 0 Å². The van der Waals surface area contributed by atoms with Crippen LogP contribution in [0.1, 0.15) is 24.2 Å². The van der Waals surface area contributed by atoms with Crippen molar-refractivity contribution in [2.24, 2.45) is 0 Å². The van der Waals surface area contributed by atoms with E-state index >= 15 is 0 Å². The van der Waals surface area contributed by atoms with Crippen LogP contribution in [0.5, 0.6) is 0 Å². The highest BCUT2D eigenvalue weighted by atomic mass is 79.9. The highest BCUT2D eigenvalue weighted by Crippen LogP contribution is 2.18. The Kier molecular flexibility index (Phi) is 4.84. The Hall–Kier alpha value is -1.26. The number of rotatable bonds is 5. The molecule has 0 saturated carbocycles. The molecule has 1 atom stereocenters. The monoisotopic (exact) mass is 305 g/mol. The van der Waals surface area contributed by atoms with Gasteiger partial charge in [0.05, 0.1) is 11.7 Å². The number of aromatic nitrogens is 2. The van der Waals surface area contributed by atoms with E-state index in [0.717, 1.165) is 23.1 Å². The van der Waals surface area contributed by atoms with Gasteiger partial charge in [-0.15, -0.1) is 0 Å². The standard InChI is InChI=1S/C14H16BrN3/c1-2-17-14(13-5-3-4-6-18-13)8-11-7-12(15)10-16-9-11/h3-7,9-10,14,17H,2,8H2,1H3. The molecule has 2 rings (SSSR count). The van der Waals surface area contributed by atoms with Gasteiger partial charge >= 0.3 is 0 Å². The molecule has 0 aliphatic carbocycles. The smallest absolute Gasteiger partial charge is 0.0576 e. The quantitative estimate of drug-likeness (QED) is 0.922. The molecule has 0 aliphatic heterocycles. The Morgan fingerprint density at radius 2 is 2.22 bits per heavy atom. The van der Waals surface area contributed by atoms with E-state index in [0.29, 0.717) is 0 Å². The van der Waals surface area contributed by atoms with Gasteiger partial charge in [0, 0.05) is 23.1 Å². The number of likely N-dealkylation sites (N-methyl/N-ethyl adjacent to an activating group) is 1. The van der Waals surface area contributed by atoms with Gasteiger partial charge in [0.15, 0.2) is 0 Å². The van der Waals surface area contributed by atoms with Gasteiger partial charge in [-0.05, 0) is 52.7 Å². The number of hydrogen-bond acceptors (Lipinski definition) is 3. The summed E-state index contributed by atoms with van der Waals surface area (Å²) in [6.07, 6.45) is 6.42. The summed E-state index contributed by atoms with van der Waals surface area (Å²) < 4.78 is 1.01. The van der Waals surface area contributed by atoms with Crippen molar-refractivity contribution in [1.82, 2.24) is 15.3 Å². The molecule has 0 amide bonds. The minimum atomic E-state index is 0.229. The Balaban J connectivity index is 2.16. The van der Waals surface area contributed by atoms with Gasteiger partial charge in [-0.3, -0.25) is 9.97 Å². The molecule has 2 aromatic heterocycles. The fourth-order valence-electron chi connectivity index (χ4n) is 1.91. The van der Waals surface area contributed by atoms with Crippen LogP contribution in [0, 0.1) is 0 Å². The zero-order valence-corrected chi connectivity index (χ0v) is 11.9. The van der Waals surface area contributed by atoms with Crippen molar-refractivity contribution < 1.29 is 0 Å². The Bertz CT molecular complexity index is 487. The molecule has 0 fully saturated rings. The molecule has 0 aliphatic rings. The molecule has 2 heterocycles. The first-order valence-electron chi connectivity index (χ1n) is 6.03. The van der Waals surface area contributed by atoms with Crippen LogP contribution in [0.25, 0.3) is 0 Å². The predicted molar refractivity (Wildman–Crippen MR) is 76.3 cm³/mol. The number of pyridine rings is 2. The molecule has 1 unspecified atom stereocenters. The highest BCUT2D eigenvalue weighted by molar-refractivity contribution is 9.10. The fraction of sp³-hybridized carbons (Fsp3) is 0.286. The van der Waals surface area contributed by atoms with E-state index in [1.807, 2.05) is 24.5 Å². The second-order valence-electron chi connectivity index (χ2n) is 4.08. The predicted octanol–water partition coefficient (Wildman–Crippen LogP) is 3.13. The van der Waals surface area contributed by atoms with Crippen LogP contribution < -0.4 is 5.32 Å². The van der Waals surface area contributed by atoms with Crippen LogP contribution in [-0.2, 0) is 6.42 Å². The largest absolute Gasteiger partial charge is 0.309 e. The van der Waals surface area contributed by atoms with Gasteiger partial charge < -0.3 is 5.32 Å². The molecule has 0 bridgehead atoms. The summed E-state index contributed by atoms with van der Waals surface area (Å²) in [4.78, 5) is 8.62. The second-order valence-corrected chi connectivity index (χ2v) is 5.00. The van der Waals surface area contributed by atoms with E-state index in [-0.39, 0.29) is 6.04 Å². The molecule has 18 heavy (non-hydrogen) atoms. The van der Waals surface area contributed by atoms with E-state index in [2.05, 4.69) is 50.3 Å². The van der Waals surface area contributed by atoms with Crippen LogP contribution in [0.15, 0.2) is 47.3 Å². The molecule has 0 radical (unpaired) electrons. The normalized spacial score (nSPS) is 12.3. The first kappa shape index (κ1) is 13.2. The van der Waals surface area contributed by atoms with Crippen LogP contribution in [0.3, 0.4) is 0 Å². The Morgan fingerprint density at radius 1 is 1.33 bits per heavy atom. The lowest BCUT2D eigenvalue weighted by Gasteiger charge is -2.17. The average molecular weight is 306 g/mol. The van der Waals surface area contributed by atoms with E-state index < -0.39 is 0 Å². The summed E-state index contributed by atoms with van der Waals surface area (Å²) in [6, 6.07) is 8.34. The maximum absolute atomic E-state index is 4.42. The zero-order valence-electron chi connectivity index (χ0n) is 10.3. The Labute approximate surface area is 116 Å². The van der Waals surface area contributed by atoms with E-state index in [9.17, 15) is 0 Å². The lowest BCUT2D eigenvalue weighted by atomic mass is 10.0. The lowest BCUT2D eigenvalue weighted by Crippen LogP contribution is -2.23. The summed E-state index contributed by atoms with van der Waals surface area (Å²) >= 11 is 3.45. The maximum atomic E-state index is 4.42. The van der Waals surface area contributed by atoms with Gasteiger partial charge in [-0.1, -0.05) is 13.0 Å². The molecule has 0 aromatic carbocycles.